The summed E-state index contributed by atoms with van der Waals surface area (Å²) >= 11 is 0. The highest BCUT2D eigenvalue weighted by Gasteiger charge is 2.10. The average Bonchev–Trinajstić information content (AvgIpc) is 2.55. The lowest BCUT2D eigenvalue weighted by Crippen LogP contribution is -2.00. The molecule has 0 amide bonds. The van der Waals surface area contributed by atoms with Gasteiger partial charge >= 0.3 is 0 Å². The molecule has 1 N–H and O–H groups in total. The highest BCUT2D eigenvalue weighted by molar-refractivity contribution is 5.94. The van der Waals surface area contributed by atoms with E-state index in [-0.39, 0.29) is 0 Å². The molecule has 0 aliphatic heterocycles. The first-order valence-electron chi connectivity index (χ1n) is 7.21. The van der Waals surface area contributed by atoms with Crippen LogP contribution in [-0.4, -0.2) is 10.2 Å². The van der Waals surface area contributed by atoms with Crippen molar-refractivity contribution in [3.8, 4) is 6.07 Å². The number of nitrogens with one attached hydrogen (secondary N) is 1. The van der Waals surface area contributed by atoms with E-state index in [1.807, 2.05) is 36.4 Å². The quantitative estimate of drug-likeness (QED) is 0.777. The Bertz CT molecular complexity index is 845. The van der Waals surface area contributed by atoms with Crippen LogP contribution in [0.25, 0.3) is 10.9 Å². The molecule has 4 nitrogen and oxygen atoms in total. The molecule has 1 aromatic heterocycles. The van der Waals surface area contributed by atoms with E-state index in [4.69, 9.17) is 0 Å². The van der Waals surface area contributed by atoms with Crippen LogP contribution in [0.5, 0.6) is 0 Å². The molecule has 2 aromatic carbocycles. The molecule has 3 rings (SSSR count). The van der Waals surface area contributed by atoms with Crippen molar-refractivity contribution in [2.75, 3.05) is 5.32 Å². The number of nitriles is 1. The van der Waals surface area contributed by atoms with Crippen molar-refractivity contribution in [1.29, 1.82) is 5.26 Å². The minimum atomic E-state index is 0.298. The van der Waals surface area contributed by atoms with E-state index < -0.39 is 0 Å². The molecule has 0 atom stereocenters. The van der Waals surface area contributed by atoms with E-state index in [1.165, 1.54) is 5.56 Å². The van der Waals surface area contributed by atoms with Crippen LogP contribution in [0, 0.1) is 11.3 Å². The van der Waals surface area contributed by atoms with Gasteiger partial charge in [0.05, 0.1) is 11.2 Å². The molecule has 0 bridgehead atoms. The largest absolute Gasteiger partial charge is 0.353 e. The van der Waals surface area contributed by atoms with Gasteiger partial charge in [-0.2, -0.15) is 5.26 Å². The summed E-state index contributed by atoms with van der Waals surface area (Å²) in [4.78, 5) is 0. The number of fused-ring (bicyclic) bond motifs is 1. The van der Waals surface area contributed by atoms with E-state index in [2.05, 4.69) is 47.6 Å². The van der Waals surface area contributed by atoms with Crippen LogP contribution in [0.4, 0.5) is 11.4 Å². The number of benzene rings is 2. The second kappa shape index (κ2) is 5.82. The molecule has 0 saturated carbocycles. The standard InChI is InChI=1S/C18H16N4/c1-12(2)13-7-9-14(10-8-13)20-18-15-5-3-4-6-16(15)21-22-17(18)11-19/h3-10,12H,1-2H3,(H,20,21). The van der Waals surface area contributed by atoms with Gasteiger partial charge in [-0.15, -0.1) is 10.2 Å². The predicted molar refractivity (Wildman–Crippen MR) is 88.1 cm³/mol. The SMILES string of the molecule is CC(C)c1ccc(Nc2c(C#N)nnc3ccccc23)cc1. The summed E-state index contributed by atoms with van der Waals surface area (Å²) in [6, 6.07) is 18.0. The Morgan fingerprint density at radius 2 is 1.73 bits per heavy atom. The summed E-state index contributed by atoms with van der Waals surface area (Å²) in [5.74, 6) is 0.493. The molecule has 0 aliphatic carbocycles. The van der Waals surface area contributed by atoms with Gasteiger partial charge in [0, 0.05) is 11.1 Å². The van der Waals surface area contributed by atoms with E-state index in [0.717, 1.165) is 16.6 Å². The Hall–Kier alpha value is -2.93. The second-order valence-corrected chi connectivity index (χ2v) is 5.45. The Balaban J connectivity index is 2.04. The summed E-state index contributed by atoms with van der Waals surface area (Å²) in [6.45, 7) is 4.33. The van der Waals surface area contributed by atoms with Crippen LogP contribution in [0.15, 0.2) is 48.5 Å². The third-order valence-electron chi connectivity index (χ3n) is 3.62. The smallest absolute Gasteiger partial charge is 0.187 e. The highest BCUT2D eigenvalue weighted by Crippen LogP contribution is 2.28. The summed E-state index contributed by atoms with van der Waals surface area (Å²) in [7, 11) is 0. The van der Waals surface area contributed by atoms with E-state index in [9.17, 15) is 5.26 Å². The van der Waals surface area contributed by atoms with Crippen molar-refractivity contribution in [2.24, 2.45) is 0 Å². The highest BCUT2D eigenvalue weighted by atomic mass is 15.1. The fraction of sp³-hybridized carbons (Fsp3) is 0.167. The van der Waals surface area contributed by atoms with Gasteiger partial charge in [-0.05, 0) is 29.7 Å². The zero-order valence-corrected chi connectivity index (χ0v) is 12.5. The molecule has 0 unspecified atom stereocenters. The van der Waals surface area contributed by atoms with Crippen molar-refractivity contribution in [3.63, 3.8) is 0 Å². The lowest BCUT2D eigenvalue weighted by Gasteiger charge is -2.11. The zero-order chi connectivity index (χ0) is 15.5. The van der Waals surface area contributed by atoms with E-state index in [1.54, 1.807) is 0 Å². The monoisotopic (exact) mass is 288 g/mol. The minimum absolute atomic E-state index is 0.298. The van der Waals surface area contributed by atoms with Gasteiger partial charge in [-0.3, -0.25) is 0 Å². The molecular weight excluding hydrogens is 272 g/mol. The molecule has 3 aromatic rings. The maximum Gasteiger partial charge on any atom is 0.187 e. The molecule has 0 aliphatic rings. The maximum absolute atomic E-state index is 9.28. The molecule has 22 heavy (non-hydrogen) atoms. The van der Waals surface area contributed by atoms with Gasteiger partial charge in [-0.1, -0.05) is 44.2 Å². The number of anilines is 2. The molecular formula is C18H16N4. The third kappa shape index (κ3) is 2.61. The van der Waals surface area contributed by atoms with Crippen LogP contribution < -0.4 is 5.32 Å². The van der Waals surface area contributed by atoms with Gasteiger partial charge in [0.2, 0.25) is 0 Å². The van der Waals surface area contributed by atoms with Gasteiger partial charge < -0.3 is 5.32 Å². The number of nitrogens with zero attached hydrogens (tertiary/aromatic N) is 3. The van der Waals surface area contributed by atoms with Gasteiger partial charge in [0.25, 0.3) is 0 Å². The second-order valence-electron chi connectivity index (χ2n) is 5.45. The predicted octanol–water partition coefficient (Wildman–Crippen LogP) is 4.37. The third-order valence-corrected chi connectivity index (χ3v) is 3.62. The van der Waals surface area contributed by atoms with Crippen molar-refractivity contribution in [3.05, 3.63) is 59.8 Å². The van der Waals surface area contributed by atoms with Crippen molar-refractivity contribution in [2.45, 2.75) is 19.8 Å². The lowest BCUT2D eigenvalue weighted by atomic mass is 10.0. The van der Waals surface area contributed by atoms with Crippen LogP contribution >= 0.6 is 0 Å². The Morgan fingerprint density at radius 3 is 2.41 bits per heavy atom. The number of hydrogen-bond donors (Lipinski definition) is 1. The zero-order valence-electron chi connectivity index (χ0n) is 12.5. The van der Waals surface area contributed by atoms with Gasteiger partial charge in [0.1, 0.15) is 6.07 Å². The Kier molecular flexibility index (Phi) is 3.71. The van der Waals surface area contributed by atoms with Crippen LogP contribution in [-0.2, 0) is 0 Å². The molecule has 0 radical (unpaired) electrons. The fourth-order valence-electron chi connectivity index (χ4n) is 2.35. The number of rotatable bonds is 3. The minimum Gasteiger partial charge on any atom is -0.353 e. The molecule has 108 valence electrons. The molecule has 0 spiro atoms. The Labute approximate surface area is 129 Å². The van der Waals surface area contributed by atoms with E-state index >= 15 is 0 Å². The van der Waals surface area contributed by atoms with Crippen molar-refractivity contribution >= 4 is 22.3 Å². The van der Waals surface area contributed by atoms with Crippen LogP contribution in [0.1, 0.15) is 31.0 Å². The fourth-order valence-corrected chi connectivity index (χ4v) is 2.35. The summed E-state index contributed by atoms with van der Waals surface area (Å²) in [5.41, 5.74) is 3.97. The van der Waals surface area contributed by atoms with Crippen LogP contribution in [0.3, 0.4) is 0 Å². The topological polar surface area (TPSA) is 61.6 Å². The first-order chi connectivity index (χ1) is 10.7. The van der Waals surface area contributed by atoms with Crippen molar-refractivity contribution < 1.29 is 0 Å². The lowest BCUT2D eigenvalue weighted by molar-refractivity contribution is 0.867. The van der Waals surface area contributed by atoms with Gasteiger partial charge in [-0.25, -0.2) is 0 Å². The molecule has 4 heteroatoms. The van der Waals surface area contributed by atoms with Crippen molar-refractivity contribution in [1.82, 2.24) is 10.2 Å². The number of aromatic nitrogens is 2. The Morgan fingerprint density at radius 1 is 1.00 bits per heavy atom. The summed E-state index contributed by atoms with van der Waals surface area (Å²) in [5, 5.41) is 21.6. The first kappa shape index (κ1) is 14.0. The molecule has 0 fully saturated rings. The average molecular weight is 288 g/mol. The molecule has 0 saturated heterocycles. The molecule has 1 heterocycles. The van der Waals surface area contributed by atoms with Gasteiger partial charge in [0.15, 0.2) is 5.69 Å². The summed E-state index contributed by atoms with van der Waals surface area (Å²) in [6.07, 6.45) is 0. The van der Waals surface area contributed by atoms with E-state index in [0.29, 0.717) is 17.3 Å². The maximum atomic E-state index is 9.28. The summed E-state index contributed by atoms with van der Waals surface area (Å²) < 4.78 is 0. The first-order valence-corrected chi connectivity index (χ1v) is 7.21. The number of hydrogen-bond acceptors (Lipinski definition) is 4. The van der Waals surface area contributed by atoms with Crippen LogP contribution in [0.2, 0.25) is 0 Å². The normalized spacial score (nSPS) is 10.6.